The normalized spacial score (nSPS) is 20.5. The van der Waals surface area contributed by atoms with Gasteiger partial charge in [-0.15, -0.1) is 0 Å². The second kappa shape index (κ2) is 6.99. The molecule has 28 heavy (non-hydrogen) atoms. The van der Waals surface area contributed by atoms with E-state index in [4.69, 9.17) is 14.2 Å². The zero-order chi connectivity index (χ0) is 19.9. The molecule has 0 saturated heterocycles. The molecule has 0 spiro atoms. The molecule has 2 aliphatic heterocycles. The van der Waals surface area contributed by atoms with Crippen LogP contribution < -0.4 is 4.74 Å². The summed E-state index contributed by atoms with van der Waals surface area (Å²) in [4.78, 5) is 12.5. The molecule has 0 aromatic heterocycles. The van der Waals surface area contributed by atoms with E-state index >= 15 is 0 Å². The highest BCUT2D eigenvalue weighted by Crippen LogP contribution is 2.37. The molecule has 0 saturated carbocycles. The Balaban J connectivity index is 1.69. The topological polar surface area (TPSA) is 65.0 Å². The highest BCUT2D eigenvalue weighted by molar-refractivity contribution is 6.19. The number of methoxy groups -OCH3 is 1. The lowest BCUT2D eigenvalue weighted by molar-refractivity contribution is -0.154. The van der Waals surface area contributed by atoms with E-state index in [2.05, 4.69) is 19.9 Å². The summed E-state index contributed by atoms with van der Waals surface area (Å²) in [5.74, 6) is 0.670. The van der Waals surface area contributed by atoms with Gasteiger partial charge in [-0.1, -0.05) is 24.3 Å². The highest BCUT2D eigenvalue weighted by atomic mass is 16.7. The van der Waals surface area contributed by atoms with Gasteiger partial charge in [-0.05, 0) is 61.6 Å². The summed E-state index contributed by atoms with van der Waals surface area (Å²) in [6.07, 6.45) is 1.76. The summed E-state index contributed by atoms with van der Waals surface area (Å²) < 4.78 is 16.9. The van der Waals surface area contributed by atoms with Crippen LogP contribution in [0.1, 0.15) is 37.0 Å². The lowest BCUT2D eigenvalue weighted by Gasteiger charge is -2.32. The molecule has 5 heteroatoms. The van der Waals surface area contributed by atoms with Crippen molar-refractivity contribution in [3.05, 3.63) is 64.7 Å². The van der Waals surface area contributed by atoms with Crippen LogP contribution in [0.5, 0.6) is 11.5 Å². The number of rotatable bonds is 4. The number of ether oxygens (including phenoxy) is 3. The van der Waals surface area contributed by atoms with Crippen molar-refractivity contribution in [2.75, 3.05) is 7.11 Å². The third kappa shape index (κ3) is 3.50. The van der Waals surface area contributed by atoms with Crippen molar-refractivity contribution in [3.63, 3.8) is 0 Å². The Labute approximate surface area is 164 Å². The van der Waals surface area contributed by atoms with Crippen LogP contribution in [-0.4, -0.2) is 30.1 Å². The summed E-state index contributed by atoms with van der Waals surface area (Å²) in [6, 6.07) is 12.7. The molecule has 1 N–H and O–H groups in total. The Morgan fingerprint density at radius 2 is 1.93 bits per heavy atom. The Morgan fingerprint density at radius 1 is 1.18 bits per heavy atom. The molecule has 4 rings (SSSR count). The minimum Gasteiger partial charge on any atom is -0.508 e. The minimum absolute atomic E-state index is 0.143. The lowest BCUT2D eigenvalue weighted by atomic mass is 9.91. The summed E-state index contributed by atoms with van der Waals surface area (Å²) >= 11 is 0. The fraction of sp³-hybridized carbons (Fsp3) is 0.348. The Hall–Kier alpha value is -2.79. The van der Waals surface area contributed by atoms with E-state index in [0.717, 1.165) is 29.7 Å². The van der Waals surface area contributed by atoms with Gasteiger partial charge in [0.15, 0.2) is 0 Å². The van der Waals surface area contributed by atoms with E-state index in [1.807, 2.05) is 12.1 Å². The van der Waals surface area contributed by atoms with Crippen LogP contribution in [0, 0.1) is 0 Å². The molecule has 0 aliphatic carbocycles. The van der Waals surface area contributed by atoms with Crippen molar-refractivity contribution in [1.82, 2.24) is 0 Å². The Morgan fingerprint density at radius 3 is 2.64 bits per heavy atom. The van der Waals surface area contributed by atoms with E-state index in [-0.39, 0.29) is 11.4 Å². The average molecular weight is 380 g/mol. The second-order valence-electron chi connectivity index (χ2n) is 7.90. The first kappa shape index (κ1) is 18.6. The molecule has 5 nitrogen and oxygen atoms in total. The van der Waals surface area contributed by atoms with Crippen LogP contribution in [0.25, 0.3) is 5.57 Å². The molecule has 2 aromatic carbocycles. The quantitative estimate of drug-likeness (QED) is 0.812. The molecule has 0 bridgehead atoms. The minimum atomic E-state index is -0.706. The van der Waals surface area contributed by atoms with Crippen molar-refractivity contribution >= 4 is 11.5 Å². The average Bonchev–Trinajstić information content (AvgIpc) is 2.97. The summed E-state index contributed by atoms with van der Waals surface area (Å²) in [6.45, 7) is 4.20. The zero-order valence-electron chi connectivity index (χ0n) is 16.3. The molecule has 2 aliphatic rings. The van der Waals surface area contributed by atoms with Crippen molar-refractivity contribution in [2.45, 2.75) is 45.0 Å². The molecular formula is C23H24O5. The predicted molar refractivity (Wildman–Crippen MR) is 105 cm³/mol. The van der Waals surface area contributed by atoms with Crippen LogP contribution in [0.15, 0.2) is 48.0 Å². The van der Waals surface area contributed by atoms with Gasteiger partial charge in [0.25, 0.3) is 0 Å². The summed E-state index contributed by atoms with van der Waals surface area (Å²) in [7, 11) is 1.53. The van der Waals surface area contributed by atoms with Gasteiger partial charge in [-0.3, -0.25) is 0 Å². The number of benzene rings is 2. The maximum absolute atomic E-state index is 12.5. The van der Waals surface area contributed by atoms with Crippen molar-refractivity contribution in [1.29, 1.82) is 0 Å². The number of esters is 1. The molecule has 0 amide bonds. The fourth-order valence-electron chi connectivity index (χ4n) is 3.81. The predicted octanol–water partition coefficient (Wildman–Crippen LogP) is 4.02. The Kier molecular flexibility index (Phi) is 4.63. The molecule has 0 unspecified atom stereocenters. The third-order valence-electron chi connectivity index (χ3n) is 5.30. The van der Waals surface area contributed by atoms with E-state index in [9.17, 15) is 9.90 Å². The first-order valence-corrected chi connectivity index (χ1v) is 9.43. The maximum atomic E-state index is 12.5. The maximum Gasteiger partial charge on any atom is 0.341 e. The van der Waals surface area contributed by atoms with Gasteiger partial charge in [0.2, 0.25) is 6.29 Å². The van der Waals surface area contributed by atoms with Crippen LogP contribution in [0.2, 0.25) is 0 Å². The number of fused-ring (bicyclic) bond motifs is 1. The van der Waals surface area contributed by atoms with Gasteiger partial charge in [0, 0.05) is 19.1 Å². The molecule has 0 radical (unpaired) electrons. The number of carbonyl (C=O) groups is 1. The lowest BCUT2D eigenvalue weighted by Crippen LogP contribution is -2.32. The van der Waals surface area contributed by atoms with Crippen molar-refractivity contribution in [2.24, 2.45) is 0 Å². The second-order valence-corrected chi connectivity index (χ2v) is 7.90. The smallest absolute Gasteiger partial charge is 0.341 e. The molecular weight excluding hydrogens is 356 g/mol. The van der Waals surface area contributed by atoms with Gasteiger partial charge in [0.1, 0.15) is 17.1 Å². The van der Waals surface area contributed by atoms with Crippen LogP contribution in [0.4, 0.5) is 0 Å². The first-order chi connectivity index (χ1) is 13.4. The standard InChI is InChI=1S/C23H24O5/c1-23(2)11-10-16-12-14(4-9-19(16)28-23)13-18-20(21(25)27-22(18)26-3)15-5-7-17(24)8-6-15/h4-9,12,22,24H,10-11,13H2,1-3H3/t22-/m0/s1. The third-order valence-corrected chi connectivity index (χ3v) is 5.30. The first-order valence-electron chi connectivity index (χ1n) is 9.43. The number of carbonyl (C=O) groups excluding carboxylic acids is 1. The zero-order valence-corrected chi connectivity index (χ0v) is 16.3. The largest absolute Gasteiger partial charge is 0.508 e. The number of cyclic esters (lactones) is 1. The SMILES string of the molecule is CO[C@H]1OC(=O)C(c2ccc(O)cc2)=C1Cc1ccc2c(c1)CCC(C)(C)O2. The molecule has 0 fully saturated rings. The fourth-order valence-corrected chi connectivity index (χ4v) is 3.81. The van der Waals surface area contributed by atoms with E-state index in [1.165, 1.54) is 12.7 Å². The van der Waals surface area contributed by atoms with Crippen LogP contribution in [0.3, 0.4) is 0 Å². The number of hydrogen-bond donors (Lipinski definition) is 1. The van der Waals surface area contributed by atoms with Crippen molar-refractivity contribution in [3.8, 4) is 11.5 Å². The van der Waals surface area contributed by atoms with Crippen LogP contribution >= 0.6 is 0 Å². The van der Waals surface area contributed by atoms with Gasteiger partial charge in [0.05, 0.1) is 5.57 Å². The van der Waals surface area contributed by atoms with E-state index in [1.54, 1.807) is 24.3 Å². The van der Waals surface area contributed by atoms with E-state index < -0.39 is 12.3 Å². The van der Waals surface area contributed by atoms with E-state index in [0.29, 0.717) is 17.6 Å². The summed E-state index contributed by atoms with van der Waals surface area (Å²) in [5, 5.41) is 9.55. The molecule has 2 aromatic rings. The number of phenols is 1. The van der Waals surface area contributed by atoms with Crippen LogP contribution in [-0.2, 0) is 27.1 Å². The monoisotopic (exact) mass is 380 g/mol. The van der Waals surface area contributed by atoms with Crippen molar-refractivity contribution < 1.29 is 24.1 Å². The molecule has 146 valence electrons. The molecule has 2 heterocycles. The number of aryl methyl sites for hydroxylation is 1. The van der Waals surface area contributed by atoms with Gasteiger partial charge in [-0.25, -0.2) is 4.79 Å². The molecule has 1 atom stereocenters. The number of phenolic OH excluding ortho intramolecular Hbond substituents is 1. The summed E-state index contributed by atoms with van der Waals surface area (Å²) in [5.41, 5.74) is 4.12. The van der Waals surface area contributed by atoms with Gasteiger partial charge < -0.3 is 19.3 Å². The number of aromatic hydroxyl groups is 1. The van der Waals surface area contributed by atoms with Gasteiger partial charge in [-0.2, -0.15) is 0 Å². The number of hydrogen-bond acceptors (Lipinski definition) is 5. The van der Waals surface area contributed by atoms with Gasteiger partial charge >= 0.3 is 5.97 Å². The Bertz CT molecular complexity index is 940. The highest BCUT2D eigenvalue weighted by Gasteiger charge is 2.35.